The Bertz CT molecular complexity index is 427. The molecule has 5 nitrogen and oxygen atoms in total. The zero-order valence-electron chi connectivity index (χ0n) is 11.9. The van der Waals surface area contributed by atoms with Crippen molar-refractivity contribution in [3.63, 3.8) is 0 Å². The largest absolute Gasteiger partial charge is 0.347 e. The summed E-state index contributed by atoms with van der Waals surface area (Å²) in [5.74, 6) is 0.510. The molecule has 0 spiro atoms. The van der Waals surface area contributed by atoms with E-state index in [1.54, 1.807) is 12.4 Å². The molecule has 0 saturated carbocycles. The molecule has 1 aromatic heterocycles. The van der Waals surface area contributed by atoms with E-state index in [0.29, 0.717) is 18.7 Å². The Kier molecular flexibility index (Phi) is 5.56. The molecule has 0 aliphatic heterocycles. The summed E-state index contributed by atoms with van der Waals surface area (Å²) in [6.45, 7) is 5.84. The number of rotatable bonds is 7. The molecule has 5 heteroatoms. The van der Waals surface area contributed by atoms with Crippen LogP contribution in [0, 0.1) is 16.7 Å². The van der Waals surface area contributed by atoms with Gasteiger partial charge in [-0.15, -0.1) is 0 Å². The Labute approximate surface area is 114 Å². The number of hydrogen-bond donors (Lipinski definition) is 2. The molecule has 0 bridgehead atoms. The summed E-state index contributed by atoms with van der Waals surface area (Å²) in [5.41, 5.74) is -0.912. The van der Waals surface area contributed by atoms with Gasteiger partial charge in [0.2, 0.25) is 5.91 Å². The van der Waals surface area contributed by atoms with Gasteiger partial charge in [0.1, 0.15) is 11.2 Å². The number of imidazole rings is 1. The molecule has 1 amide bonds. The van der Waals surface area contributed by atoms with E-state index in [4.69, 9.17) is 0 Å². The van der Waals surface area contributed by atoms with Crippen LogP contribution >= 0.6 is 0 Å². The van der Waals surface area contributed by atoms with Crippen molar-refractivity contribution in [1.82, 2.24) is 15.3 Å². The number of nitrogens with one attached hydrogen (secondary N) is 2. The SMILES string of the molecule is CCCC(C#N)(CCC)C(=O)NC(C)c1ncc[nH]1. The maximum absolute atomic E-state index is 12.4. The molecular weight excluding hydrogens is 240 g/mol. The lowest BCUT2D eigenvalue weighted by molar-refractivity contribution is -0.129. The van der Waals surface area contributed by atoms with Gasteiger partial charge in [-0.25, -0.2) is 4.98 Å². The zero-order valence-corrected chi connectivity index (χ0v) is 11.9. The third kappa shape index (κ3) is 3.57. The van der Waals surface area contributed by atoms with Crippen LogP contribution in [0.2, 0.25) is 0 Å². The van der Waals surface area contributed by atoms with Crippen LogP contribution < -0.4 is 5.32 Å². The fraction of sp³-hybridized carbons (Fsp3) is 0.643. The van der Waals surface area contributed by atoms with Crippen LogP contribution in [-0.4, -0.2) is 15.9 Å². The Hall–Kier alpha value is -1.83. The maximum atomic E-state index is 12.4. The summed E-state index contributed by atoms with van der Waals surface area (Å²) in [7, 11) is 0. The van der Waals surface area contributed by atoms with Gasteiger partial charge < -0.3 is 10.3 Å². The number of amides is 1. The number of hydrogen-bond acceptors (Lipinski definition) is 3. The Balaban J connectivity index is 2.80. The van der Waals surface area contributed by atoms with Crippen LogP contribution in [0.1, 0.15) is 58.3 Å². The van der Waals surface area contributed by atoms with Crippen molar-refractivity contribution < 1.29 is 4.79 Å². The van der Waals surface area contributed by atoms with Crippen LogP contribution in [0.5, 0.6) is 0 Å². The summed E-state index contributed by atoms with van der Waals surface area (Å²) in [6, 6.07) is 2.01. The molecular formula is C14H22N4O. The molecule has 0 aliphatic carbocycles. The predicted molar refractivity (Wildman–Crippen MR) is 73.0 cm³/mol. The molecule has 0 aromatic carbocycles. The van der Waals surface area contributed by atoms with Gasteiger partial charge in [-0.1, -0.05) is 26.7 Å². The van der Waals surface area contributed by atoms with Crippen LogP contribution in [-0.2, 0) is 4.79 Å². The van der Waals surface area contributed by atoms with Crippen molar-refractivity contribution in [3.8, 4) is 6.07 Å². The van der Waals surface area contributed by atoms with Crippen molar-refractivity contribution >= 4 is 5.91 Å². The molecule has 1 atom stereocenters. The number of nitrogens with zero attached hydrogens (tertiary/aromatic N) is 2. The van der Waals surface area contributed by atoms with Gasteiger partial charge in [0, 0.05) is 12.4 Å². The van der Waals surface area contributed by atoms with Gasteiger partial charge >= 0.3 is 0 Å². The molecule has 2 N–H and O–H groups in total. The van der Waals surface area contributed by atoms with Crippen molar-refractivity contribution in [2.75, 3.05) is 0 Å². The van der Waals surface area contributed by atoms with E-state index in [1.807, 2.05) is 20.8 Å². The fourth-order valence-electron chi connectivity index (χ4n) is 2.29. The first kappa shape index (κ1) is 15.2. The smallest absolute Gasteiger partial charge is 0.241 e. The van der Waals surface area contributed by atoms with Gasteiger partial charge in [0.05, 0.1) is 12.1 Å². The van der Waals surface area contributed by atoms with Crippen LogP contribution in [0.25, 0.3) is 0 Å². The highest BCUT2D eigenvalue weighted by Gasteiger charge is 2.37. The minimum absolute atomic E-state index is 0.192. The molecule has 0 fully saturated rings. The van der Waals surface area contributed by atoms with Gasteiger partial charge in [-0.2, -0.15) is 5.26 Å². The molecule has 1 unspecified atom stereocenters. The van der Waals surface area contributed by atoms with Crippen molar-refractivity contribution in [2.45, 2.75) is 52.5 Å². The summed E-state index contributed by atoms with van der Waals surface area (Å²) in [6.07, 6.45) is 6.18. The molecule has 1 heterocycles. The third-order valence-corrected chi connectivity index (χ3v) is 3.28. The van der Waals surface area contributed by atoms with E-state index in [2.05, 4.69) is 21.4 Å². The van der Waals surface area contributed by atoms with Gasteiger partial charge in [-0.05, 0) is 19.8 Å². The minimum atomic E-state index is -0.912. The van der Waals surface area contributed by atoms with Crippen molar-refractivity contribution in [1.29, 1.82) is 5.26 Å². The topological polar surface area (TPSA) is 81.6 Å². The quantitative estimate of drug-likeness (QED) is 0.792. The van der Waals surface area contributed by atoms with E-state index in [1.165, 1.54) is 0 Å². The number of H-pyrrole nitrogens is 1. The lowest BCUT2D eigenvalue weighted by atomic mass is 9.79. The first-order chi connectivity index (χ1) is 9.09. The molecule has 0 saturated heterocycles. The summed E-state index contributed by atoms with van der Waals surface area (Å²) >= 11 is 0. The summed E-state index contributed by atoms with van der Waals surface area (Å²) < 4.78 is 0. The van der Waals surface area contributed by atoms with Gasteiger partial charge in [0.15, 0.2) is 0 Å². The van der Waals surface area contributed by atoms with E-state index in [-0.39, 0.29) is 11.9 Å². The summed E-state index contributed by atoms with van der Waals surface area (Å²) in [4.78, 5) is 19.5. The van der Waals surface area contributed by atoms with Crippen LogP contribution in [0.4, 0.5) is 0 Å². The second-order valence-electron chi connectivity index (χ2n) is 4.86. The molecule has 104 valence electrons. The highest BCUT2D eigenvalue weighted by molar-refractivity contribution is 5.85. The Morgan fingerprint density at radius 1 is 1.53 bits per heavy atom. The standard InChI is InChI=1S/C14H22N4O/c1-4-6-14(10-15,7-5-2)13(19)18-11(3)12-16-8-9-17-12/h8-9,11H,4-7H2,1-3H3,(H,16,17)(H,18,19). The molecule has 1 aromatic rings. The molecule has 1 rings (SSSR count). The molecule has 0 aliphatic rings. The minimum Gasteiger partial charge on any atom is -0.347 e. The second-order valence-corrected chi connectivity index (χ2v) is 4.86. The van der Waals surface area contributed by atoms with E-state index < -0.39 is 5.41 Å². The average molecular weight is 262 g/mol. The Morgan fingerprint density at radius 2 is 2.16 bits per heavy atom. The van der Waals surface area contributed by atoms with Gasteiger partial charge in [0.25, 0.3) is 0 Å². The predicted octanol–water partition coefficient (Wildman–Crippen LogP) is 2.70. The van der Waals surface area contributed by atoms with E-state index in [9.17, 15) is 10.1 Å². The number of aromatic amines is 1. The number of aromatic nitrogens is 2. The second kappa shape index (κ2) is 6.93. The highest BCUT2D eigenvalue weighted by atomic mass is 16.2. The Morgan fingerprint density at radius 3 is 2.58 bits per heavy atom. The monoisotopic (exact) mass is 262 g/mol. The number of carbonyl (C=O) groups is 1. The zero-order chi connectivity index (χ0) is 14.3. The number of nitriles is 1. The number of carbonyl (C=O) groups excluding carboxylic acids is 1. The van der Waals surface area contributed by atoms with E-state index in [0.717, 1.165) is 12.8 Å². The van der Waals surface area contributed by atoms with Crippen molar-refractivity contribution in [3.05, 3.63) is 18.2 Å². The average Bonchev–Trinajstić information content (AvgIpc) is 2.92. The van der Waals surface area contributed by atoms with Crippen molar-refractivity contribution in [2.24, 2.45) is 5.41 Å². The van der Waals surface area contributed by atoms with Crippen LogP contribution in [0.15, 0.2) is 12.4 Å². The lowest BCUT2D eigenvalue weighted by Gasteiger charge is -2.26. The van der Waals surface area contributed by atoms with Gasteiger partial charge in [-0.3, -0.25) is 4.79 Å². The normalized spacial score (nSPS) is 12.7. The highest BCUT2D eigenvalue weighted by Crippen LogP contribution is 2.30. The molecule has 0 radical (unpaired) electrons. The third-order valence-electron chi connectivity index (χ3n) is 3.28. The fourth-order valence-corrected chi connectivity index (χ4v) is 2.29. The first-order valence-electron chi connectivity index (χ1n) is 6.81. The van der Waals surface area contributed by atoms with E-state index >= 15 is 0 Å². The lowest BCUT2D eigenvalue weighted by Crippen LogP contribution is -2.41. The van der Waals surface area contributed by atoms with Crippen LogP contribution in [0.3, 0.4) is 0 Å². The summed E-state index contributed by atoms with van der Waals surface area (Å²) in [5, 5.41) is 12.3. The maximum Gasteiger partial charge on any atom is 0.241 e. The first-order valence-corrected chi connectivity index (χ1v) is 6.81. The molecule has 19 heavy (non-hydrogen) atoms.